The van der Waals surface area contributed by atoms with Gasteiger partial charge < -0.3 is 14.7 Å². The summed E-state index contributed by atoms with van der Waals surface area (Å²) >= 11 is 2.01. The number of rotatable bonds is 14. The van der Waals surface area contributed by atoms with E-state index in [0.717, 1.165) is 49.1 Å². The number of ether oxygens (including phenoxy) is 1. The molecule has 188 valence electrons. The predicted molar refractivity (Wildman–Crippen MR) is 139 cm³/mol. The number of fused-ring (bicyclic) bond motifs is 1. The van der Waals surface area contributed by atoms with Crippen LogP contribution in [0.1, 0.15) is 63.6 Å². The number of methoxy groups -OCH3 is 1. The third kappa shape index (κ3) is 7.84. The molecule has 1 saturated heterocycles. The van der Waals surface area contributed by atoms with E-state index in [2.05, 4.69) is 16.8 Å². The van der Waals surface area contributed by atoms with E-state index >= 15 is 4.39 Å². The zero-order valence-electron chi connectivity index (χ0n) is 20.5. The number of hydrogen-bond donors (Lipinski definition) is 1. The molecule has 7 heteroatoms. The van der Waals surface area contributed by atoms with E-state index in [0.29, 0.717) is 36.0 Å². The first-order valence-electron chi connectivity index (χ1n) is 12.6. The molecule has 1 unspecified atom stereocenters. The van der Waals surface area contributed by atoms with Crippen LogP contribution in [0, 0.1) is 11.8 Å². The van der Waals surface area contributed by atoms with Crippen LogP contribution in [-0.4, -0.2) is 59.2 Å². The van der Waals surface area contributed by atoms with Crippen LogP contribution in [0.25, 0.3) is 10.9 Å². The predicted octanol–water partition coefficient (Wildman–Crippen LogP) is 6.37. The van der Waals surface area contributed by atoms with Crippen molar-refractivity contribution in [2.45, 2.75) is 58.0 Å². The van der Waals surface area contributed by atoms with Crippen molar-refractivity contribution in [1.29, 1.82) is 0 Å². The highest BCUT2D eigenvalue weighted by Gasteiger charge is 2.30. The van der Waals surface area contributed by atoms with Gasteiger partial charge in [0, 0.05) is 36.8 Å². The molecule has 0 radical (unpaired) electrons. The summed E-state index contributed by atoms with van der Waals surface area (Å²) in [5, 5.41) is 10.0. The smallest absolute Gasteiger partial charge is 0.303 e. The molecule has 0 bridgehead atoms. The van der Waals surface area contributed by atoms with Gasteiger partial charge in [-0.05, 0) is 86.1 Å². The van der Waals surface area contributed by atoms with E-state index in [-0.39, 0.29) is 6.42 Å². The Bertz CT molecular complexity index is 913. The van der Waals surface area contributed by atoms with Gasteiger partial charge in [0.2, 0.25) is 0 Å². The van der Waals surface area contributed by atoms with E-state index in [1.807, 2.05) is 30.0 Å². The molecule has 0 amide bonds. The highest BCUT2D eigenvalue weighted by atomic mass is 32.2. The Kier molecular flexibility index (Phi) is 10.9. The van der Waals surface area contributed by atoms with E-state index < -0.39 is 12.1 Å². The van der Waals surface area contributed by atoms with Gasteiger partial charge in [-0.1, -0.05) is 13.3 Å². The summed E-state index contributed by atoms with van der Waals surface area (Å²) in [5.74, 6) is 2.97. The molecule has 1 aromatic heterocycles. The van der Waals surface area contributed by atoms with Gasteiger partial charge in [-0.15, -0.1) is 0 Å². The summed E-state index contributed by atoms with van der Waals surface area (Å²) in [5.41, 5.74) is 1.43. The van der Waals surface area contributed by atoms with Gasteiger partial charge in [0.15, 0.2) is 0 Å². The van der Waals surface area contributed by atoms with E-state index in [1.54, 1.807) is 19.4 Å². The largest absolute Gasteiger partial charge is 0.497 e. The molecule has 5 nitrogen and oxygen atoms in total. The lowest BCUT2D eigenvalue weighted by Gasteiger charge is -2.39. The van der Waals surface area contributed by atoms with Crippen LogP contribution in [0.2, 0.25) is 0 Å². The summed E-state index contributed by atoms with van der Waals surface area (Å²) in [6, 6.07) is 7.34. The Morgan fingerprint density at radius 1 is 1.29 bits per heavy atom. The number of likely N-dealkylation sites (tertiary alicyclic amines) is 1. The molecule has 0 aliphatic carbocycles. The SMILES string of the molecule is CCCCSCCN1CC[C@@H](CCC(F)c2ccnc3ccc(OC)cc23)[C@@H](CCC(=O)O)C1. The minimum absolute atomic E-state index is 0.189. The van der Waals surface area contributed by atoms with Crippen molar-refractivity contribution in [3.63, 3.8) is 0 Å². The van der Waals surface area contributed by atoms with Crippen molar-refractivity contribution >= 4 is 28.6 Å². The number of unbranched alkanes of at least 4 members (excludes halogenated alkanes) is 1. The lowest BCUT2D eigenvalue weighted by atomic mass is 9.79. The first-order valence-corrected chi connectivity index (χ1v) is 13.8. The van der Waals surface area contributed by atoms with Crippen molar-refractivity contribution in [3.05, 3.63) is 36.0 Å². The fourth-order valence-corrected chi connectivity index (χ4v) is 6.06. The molecule has 34 heavy (non-hydrogen) atoms. The topological polar surface area (TPSA) is 62.7 Å². The lowest BCUT2D eigenvalue weighted by Crippen LogP contribution is -2.41. The molecule has 3 rings (SSSR count). The Morgan fingerprint density at radius 3 is 2.91 bits per heavy atom. The van der Waals surface area contributed by atoms with Crippen LogP contribution >= 0.6 is 11.8 Å². The fourth-order valence-electron chi connectivity index (χ4n) is 4.98. The normalized spacial score (nSPS) is 19.9. The second kappa shape index (κ2) is 13.9. The molecule has 1 aromatic carbocycles. The first kappa shape index (κ1) is 26.7. The van der Waals surface area contributed by atoms with Crippen LogP contribution in [0.3, 0.4) is 0 Å². The van der Waals surface area contributed by atoms with Gasteiger partial charge in [0.1, 0.15) is 11.9 Å². The first-order chi connectivity index (χ1) is 16.5. The molecule has 1 N–H and O–H groups in total. The minimum atomic E-state index is -1.08. The second-order valence-electron chi connectivity index (χ2n) is 9.34. The van der Waals surface area contributed by atoms with Crippen molar-refractivity contribution in [1.82, 2.24) is 9.88 Å². The van der Waals surface area contributed by atoms with Gasteiger partial charge in [0.05, 0.1) is 12.6 Å². The van der Waals surface area contributed by atoms with Crippen LogP contribution in [-0.2, 0) is 4.79 Å². The van der Waals surface area contributed by atoms with Gasteiger partial charge in [-0.25, -0.2) is 4.39 Å². The molecule has 3 atom stereocenters. The molecule has 2 heterocycles. The van der Waals surface area contributed by atoms with Crippen molar-refractivity contribution < 1.29 is 19.0 Å². The van der Waals surface area contributed by atoms with Gasteiger partial charge in [-0.3, -0.25) is 9.78 Å². The number of carbonyl (C=O) groups is 1. The molecule has 0 spiro atoms. The van der Waals surface area contributed by atoms with Gasteiger partial charge in [0.25, 0.3) is 0 Å². The zero-order chi connectivity index (χ0) is 24.3. The fraction of sp³-hybridized carbons (Fsp3) is 0.630. The van der Waals surface area contributed by atoms with E-state index in [4.69, 9.17) is 4.74 Å². The van der Waals surface area contributed by atoms with Crippen LogP contribution < -0.4 is 4.74 Å². The number of aliphatic carboxylic acids is 1. The molecular formula is C27H39FN2O3S. The lowest BCUT2D eigenvalue weighted by molar-refractivity contribution is -0.137. The number of pyridine rings is 1. The summed E-state index contributed by atoms with van der Waals surface area (Å²) in [4.78, 5) is 18.1. The number of nitrogens with zero attached hydrogens (tertiary/aromatic N) is 2. The molecule has 0 saturated carbocycles. The average molecular weight is 491 g/mol. The Labute approximate surface area is 207 Å². The zero-order valence-corrected chi connectivity index (χ0v) is 21.4. The summed E-state index contributed by atoms with van der Waals surface area (Å²) in [6.45, 7) is 5.23. The summed E-state index contributed by atoms with van der Waals surface area (Å²) in [6.07, 6.45) is 6.18. The Hall–Kier alpha value is -1.86. The summed E-state index contributed by atoms with van der Waals surface area (Å²) < 4.78 is 20.8. The maximum absolute atomic E-state index is 15.5. The third-order valence-electron chi connectivity index (χ3n) is 7.01. The minimum Gasteiger partial charge on any atom is -0.497 e. The molecule has 2 aromatic rings. The molecule has 1 aliphatic rings. The van der Waals surface area contributed by atoms with Crippen LogP contribution in [0.15, 0.2) is 30.5 Å². The van der Waals surface area contributed by atoms with Crippen molar-refractivity contribution in [3.8, 4) is 5.75 Å². The molecule has 1 aliphatic heterocycles. The average Bonchev–Trinajstić information content (AvgIpc) is 2.85. The number of benzene rings is 1. The quantitative estimate of drug-likeness (QED) is 0.311. The van der Waals surface area contributed by atoms with E-state index in [1.165, 1.54) is 18.6 Å². The maximum Gasteiger partial charge on any atom is 0.303 e. The molecule has 1 fully saturated rings. The highest BCUT2D eigenvalue weighted by molar-refractivity contribution is 7.99. The number of hydrogen-bond acceptors (Lipinski definition) is 5. The number of piperidine rings is 1. The number of aromatic nitrogens is 1. The number of carboxylic acids is 1. The van der Waals surface area contributed by atoms with Crippen molar-refractivity contribution in [2.75, 3.05) is 38.2 Å². The molecular weight excluding hydrogens is 451 g/mol. The van der Waals surface area contributed by atoms with E-state index in [9.17, 15) is 9.90 Å². The van der Waals surface area contributed by atoms with Gasteiger partial charge >= 0.3 is 5.97 Å². The third-order valence-corrected chi connectivity index (χ3v) is 8.06. The van der Waals surface area contributed by atoms with Crippen LogP contribution in [0.5, 0.6) is 5.75 Å². The highest BCUT2D eigenvalue weighted by Crippen LogP contribution is 2.36. The van der Waals surface area contributed by atoms with Crippen molar-refractivity contribution in [2.24, 2.45) is 11.8 Å². The Balaban J connectivity index is 1.59. The maximum atomic E-state index is 15.5. The second-order valence-corrected chi connectivity index (χ2v) is 10.6. The Morgan fingerprint density at radius 2 is 2.15 bits per heavy atom. The monoisotopic (exact) mass is 490 g/mol. The summed E-state index contributed by atoms with van der Waals surface area (Å²) in [7, 11) is 1.61. The van der Waals surface area contributed by atoms with Crippen LogP contribution in [0.4, 0.5) is 4.39 Å². The number of carboxylic acid groups (broad SMARTS) is 1. The number of thioether (sulfide) groups is 1. The number of halogens is 1. The van der Waals surface area contributed by atoms with Gasteiger partial charge in [-0.2, -0.15) is 11.8 Å². The number of alkyl halides is 1. The standard InChI is InChI=1S/C27H39FN2O3S/c1-3-4-16-34-17-15-30-14-12-20(21(19-30)6-10-27(31)32)5-8-25(28)23-11-13-29-26-9-7-22(33-2)18-24(23)26/h7,9,11,13,18,20-21,25H,3-6,8,10,12,14-17,19H2,1-2H3,(H,31,32)/t20-,21+,25?/m1/s1.